The summed E-state index contributed by atoms with van der Waals surface area (Å²) in [7, 11) is -3.31. The standard InChI is InChI=1S/C51H61N11O8S2/c1-33-46(71-32-54-33)36-11-9-34(10-12-36)28-53-48(66)42-27-39(63)29-61(42)49(67)47(51(2,3)4)57-45(65)31-70-26-21-52-44(64)30-59-22-24-60(25-23-59)38-17-15-37(16-18-38)55-50-56-43-8-6-7-41(62(43)58-50)35-13-19-40(20-14-35)72(5,68)69/h6-20,32,39,42,47,63H,21-31H2,1-5H3,(H,52,64)(H,53,66)(H,55,58)(H,57,65)/t39-,42+,47-/m1/s1. The van der Waals surface area contributed by atoms with E-state index in [1.807, 2.05) is 94.4 Å². The highest BCUT2D eigenvalue weighted by Gasteiger charge is 2.44. The zero-order valence-corrected chi connectivity index (χ0v) is 42.6. The first-order valence-electron chi connectivity index (χ1n) is 23.8. The summed E-state index contributed by atoms with van der Waals surface area (Å²) in [6.45, 7) is 10.6. The van der Waals surface area contributed by atoms with E-state index in [-0.39, 0.29) is 62.5 Å². The number of nitrogens with one attached hydrogen (secondary N) is 4. The second kappa shape index (κ2) is 22.3. The number of carbonyl (C=O) groups excluding carboxylic acids is 4. The zero-order valence-electron chi connectivity index (χ0n) is 41.0. The minimum atomic E-state index is -3.31. The first kappa shape index (κ1) is 51.6. The van der Waals surface area contributed by atoms with Crippen LogP contribution in [0.15, 0.2) is 101 Å². The normalized spacial score (nSPS) is 16.9. The molecule has 2 fully saturated rings. The molecule has 2 aliphatic rings. The maximum absolute atomic E-state index is 14.0. The van der Waals surface area contributed by atoms with Crippen molar-refractivity contribution in [1.82, 2.24) is 45.3 Å². The second-order valence-corrected chi connectivity index (χ2v) is 22.1. The van der Waals surface area contributed by atoms with E-state index in [0.717, 1.165) is 57.4 Å². The monoisotopic (exact) mass is 1020 g/mol. The number of fused-ring (bicyclic) bond motifs is 1. The van der Waals surface area contributed by atoms with Crippen molar-refractivity contribution >= 4 is 67.8 Å². The Hall–Kier alpha value is -6.78. The van der Waals surface area contributed by atoms with Gasteiger partial charge in [0.25, 0.3) is 0 Å². The van der Waals surface area contributed by atoms with Gasteiger partial charge in [0.1, 0.15) is 18.7 Å². The van der Waals surface area contributed by atoms with Crippen LogP contribution >= 0.6 is 11.3 Å². The molecule has 3 aromatic carbocycles. The van der Waals surface area contributed by atoms with Gasteiger partial charge in [-0.3, -0.25) is 24.1 Å². The Kier molecular flexibility index (Phi) is 16.0. The molecule has 8 rings (SSSR count). The lowest BCUT2D eigenvalue weighted by Crippen LogP contribution is -2.58. The summed E-state index contributed by atoms with van der Waals surface area (Å²) >= 11 is 1.57. The van der Waals surface area contributed by atoms with Crippen LogP contribution in [0.25, 0.3) is 27.3 Å². The number of anilines is 3. The predicted octanol–water partition coefficient (Wildman–Crippen LogP) is 4.04. The number of amides is 4. The SMILES string of the molecule is Cc1ncsc1-c1ccc(CNC(=O)[C@@H]2C[C@@H](O)CN2C(=O)[C@@H](NC(=O)COCCNC(=O)CN2CCN(c3ccc(Nc4nc5cccc(-c6ccc(S(C)(=O)=O)cc6)n5n4)cc3)CC2)C(C)(C)C)cc1. The van der Waals surface area contributed by atoms with Crippen LogP contribution in [0.4, 0.5) is 17.3 Å². The highest BCUT2D eigenvalue weighted by Crippen LogP contribution is 2.29. The summed E-state index contributed by atoms with van der Waals surface area (Å²) in [6.07, 6.45) is 0.368. The van der Waals surface area contributed by atoms with E-state index >= 15 is 0 Å². The van der Waals surface area contributed by atoms with Crippen molar-refractivity contribution in [3.05, 3.63) is 108 Å². The van der Waals surface area contributed by atoms with Crippen LogP contribution in [0.2, 0.25) is 0 Å². The molecule has 5 N–H and O–H groups in total. The number of hydrogen-bond acceptors (Lipinski definition) is 15. The number of piperazine rings is 1. The minimum absolute atomic E-state index is 0.0365. The molecule has 19 nitrogen and oxygen atoms in total. The Morgan fingerprint density at radius 1 is 0.889 bits per heavy atom. The Bertz CT molecular complexity index is 2990. The fraction of sp³-hybridized carbons (Fsp3) is 0.392. The van der Waals surface area contributed by atoms with Gasteiger partial charge >= 0.3 is 0 Å². The number of rotatable bonds is 18. The molecule has 4 amide bonds. The van der Waals surface area contributed by atoms with Crippen molar-refractivity contribution in [3.8, 4) is 21.7 Å². The van der Waals surface area contributed by atoms with Gasteiger partial charge in [-0.25, -0.2) is 17.9 Å². The second-order valence-electron chi connectivity index (χ2n) is 19.2. The van der Waals surface area contributed by atoms with Crippen LogP contribution in [-0.4, -0.2) is 150 Å². The van der Waals surface area contributed by atoms with Crippen LogP contribution < -0.4 is 26.2 Å². The largest absolute Gasteiger partial charge is 0.391 e. The average Bonchev–Trinajstić information content (AvgIpc) is 4.10. The number of ether oxygens (including phenoxy) is 1. The molecule has 0 unspecified atom stereocenters. The van der Waals surface area contributed by atoms with E-state index in [1.54, 1.807) is 45.6 Å². The summed E-state index contributed by atoms with van der Waals surface area (Å²) in [5.41, 5.74) is 8.02. The van der Waals surface area contributed by atoms with Gasteiger partial charge in [0.2, 0.25) is 29.6 Å². The number of aliphatic hydroxyl groups is 1. The lowest BCUT2D eigenvalue weighted by atomic mass is 9.85. The molecule has 6 aromatic rings. The van der Waals surface area contributed by atoms with Gasteiger partial charge in [0, 0.05) is 75.4 Å². The number of benzene rings is 3. The fourth-order valence-electron chi connectivity index (χ4n) is 8.77. The first-order chi connectivity index (χ1) is 34.4. The summed E-state index contributed by atoms with van der Waals surface area (Å²) < 4.78 is 31.2. The zero-order chi connectivity index (χ0) is 51.2. The minimum Gasteiger partial charge on any atom is -0.391 e. The number of carbonyl (C=O) groups is 4. The molecule has 3 atom stereocenters. The Balaban J connectivity index is 0.732. The number of pyridine rings is 1. The van der Waals surface area contributed by atoms with E-state index in [0.29, 0.717) is 24.7 Å². The van der Waals surface area contributed by atoms with E-state index < -0.39 is 45.3 Å². The van der Waals surface area contributed by atoms with Crippen LogP contribution in [0.5, 0.6) is 0 Å². The van der Waals surface area contributed by atoms with Gasteiger partial charge in [-0.05, 0) is 72.0 Å². The highest BCUT2D eigenvalue weighted by molar-refractivity contribution is 7.90. The molecular weight excluding hydrogens is 959 g/mol. The van der Waals surface area contributed by atoms with Crippen molar-refractivity contribution in [2.24, 2.45) is 5.41 Å². The summed E-state index contributed by atoms with van der Waals surface area (Å²) in [4.78, 5) is 69.4. The quantitative estimate of drug-likeness (QED) is 0.0766. The van der Waals surface area contributed by atoms with Crippen molar-refractivity contribution in [1.29, 1.82) is 0 Å². The molecule has 0 spiro atoms. The number of aryl methyl sites for hydroxylation is 1. The van der Waals surface area contributed by atoms with Crippen LogP contribution in [0, 0.1) is 12.3 Å². The van der Waals surface area contributed by atoms with Gasteiger partial charge < -0.3 is 40.9 Å². The molecule has 3 aromatic heterocycles. The molecule has 21 heteroatoms. The summed E-state index contributed by atoms with van der Waals surface area (Å²) in [6, 6.07) is 26.2. The highest BCUT2D eigenvalue weighted by atomic mass is 32.2. The number of aliphatic hydroxyl groups excluding tert-OH is 1. The van der Waals surface area contributed by atoms with E-state index in [1.165, 1.54) is 11.2 Å². The van der Waals surface area contributed by atoms with Crippen LogP contribution in [0.1, 0.15) is 38.4 Å². The topological polar surface area (TPSA) is 233 Å². The molecular formula is C51H61N11O8S2. The molecule has 5 heterocycles. The number of hydrogen-bond donors (Lipinski definition) is 5. The number of nitrogens with zero attached hydrogens (tertiary/aromatic N) is 7. The van der Waals surface area contributed by atoms with E-state index in [9.17, 15) is 32.7 Å². The fourth-order valence-corrected chi connectivity index (χ4v) is 10.2. The van der Waals surface area contributed by atoms with Crippen LogP contribution in [-0.2, 0) is 40.3 Å². The Morgan fingerprint density at radius 3 is 2.26 bits per heavy atom. The molecule has 0 aliphatic carbocycles. The number of thiazole rings is 1. The number of sulfone groups is 1. The Morgan fingerprint density at radius 2 is 1.60 bits per heavy atom. The summed E-state index contributed by atoms with van der Waals surface area (Å²) in [5.74, 6) is -1.12. The third-order valence-electron chi connectivity index (χ3n) is 12.7. The number of aromatic nitrogens is 4. The first-order valence-corrected chi connectivity index (χ1v) is 26.6. The average molecular weight is 1020 g/mol. The van der Waals surface area contributed by atoms with Gasteiger partial charge in [0.05, 0.1) is 45.9 Å². The van der Waals surface area contributed by atoms with Gasteiger partial charge in [-0.2, -0.15) is 4.98 Å². The van der Waals surface area contributed by atoms with Gasteiger partial charge in [0.15, 0.2) is 15.5 Å². The van der Waals surface area contributed by atoms with Crippen molar-refractivity contribution < 1.29 is 37.4 Å². The predicted molar refractivity (Wildman–Crippen MR) is 275 cm³/mol. The molecule has 2 saturated heterocycles. The lowest BCUT2D eigenvalue weighted by molar-refractivity contribution is -0.144. The molecule has 2 aliphatic heterocycles. The third kappa shape index (κ3) is 12.8. The summed E-state index contributed by atoms with van der Waals surface area (Å²) in [5, 5.41) is 27.1. The van der Waals surface area contributed by atoms with E-state index in [2.05, 4.69) is 46.1 Å². The maximum Gasteiger partial charge on any atom is 0.247 e. The number of β-amino-alcohol motifs (C(OH)–C–C–N with tert-alkyl or cyclic N) is 1. The van der Waals surface area contributed by atoms with Gasteiger partial charge in [-0.1, -0.05) is 63.2 Å². The van der Waals surface area contributed by atoms with Crippen molar-refractivity contribution in [3.63, 3.8) is 0 Å². The van der Waals surface area contributed by atoms with E-state index in [4.69, 9.17) is 4.74 Å². The van der Waals surface area contributed by atoms with Crippen molar-refractivity contribution in [2.45, 2.75) is 63.7 Å². The molecule has 380 valence electrons. The molecule has 0 saturated carbocycles. The molecule has 0 radical (unpaired) electrons. The smallest absolute Gasteiger partial charge is 0.247 e. The third-order valence-corrected chi connectivity index (χ3v) is 14.8. The lowest BCUT2D eigenvalue weighted by Gasteiger charge is -2.35. The number of likely N-dealkylation sites (tertiary alicyclic amines) is 1. The molecule has 72 heavy (non-hydrogen) atoms. The van der Waals surface area contributed by atoms with Crippen molar-refractivity contribution in [2.75, 3.05) is 75.5 Å². The molecule has 0 bridgehead atoms. The maximum atomic E-state index is 14.0. The van der Waals surface area contributed by atoms with Crippen LogP contribution in [0.3, 0.4) is 0 Å². The van der Waals surface area contributed by atoms with Gasteiger partial charge in [-0.15, -0.1) is 16.4 Å². The Labute approximate surface area is 422 Å².